The number of nitrogen functional groups attached to an aromatic ring is 1. The first-order chi connectivity index (χ1) is 10.2. The lowest BCUT2D eigenvalue weighted by molar-refractivity contribution is 0.0137. The third-order valence-electron chi connectivity index (χ3n) is 3.88. The molecule has 0 aliphatic carbocycles. The summed E-state index contributed by atoms with van der Waals surface area (Å²) < 4.78 is 11.2. The number of fused-ring (bicyclic) bond motifs is 1. The molecule has 0 spiro atoms. The van der Waals surface area contributed by atoms with Gasteiger partial charge in [-0.3, -0.25) is 4.79 Å². The van der Waals surface area contributed by atoms with Gasteiger partial charge in [-0.1, -0.05) is 0 Å². The number of carbonyl (C=O) groups excluding carboxylic acids is 1. The highest BCUT2D eigenvalue weighted by atomic mass is 16.5. The van der Waals surface area contributed by atoms with Crippen LogP contribution in [0.4, 0.5) is 5.69 Å². The summed E-state index contributed by atoms with van der Waals surface area (Å²) in [4.78, 5) is 14.3. The number of nitrogens with zero attached hydrogens (tertiary/aromatic N) is 1. The van der Waals surface area contributed by atoms with Crippen LogP contribution in [0.2, 0.25) is 0 Å². The van der Waals surface area contributed by atoms with E-state index in [9.17, 15) is 4.79 Å². The molecular weight excluding hydrogens is 268 g/mol. The molecular formula is C16H20N2O3. The van der Waals surface area contributed by atoms with Crippen LogP contribution in [0.15, 0.2) is 28.7 Å². The smallest absolute Gasteiger partial charge is 0.289 e. The van der Waals surface area contributed by atoms with Gasteiger partial charge < -0.3 is 19.8 Å². The summed E-state index contributed by atoms with van der Waals surface area (Å²) in [5, 5.41) is 0.863. The Morgan fingerprint density at radius 2 is 2.14 bits per heavy atom. The lowest BCUT2D eigenvalue weighted by Crippen LogP contribution is -2.40. The van der Waals surface area contributed by atoms with Gasteiger partial charge in [0.2, 0.25) is 0 Å². The van der Waals surface area contributed by atoms with E-state index >= 15 is 0 Å². The Morgan fingerprint density at radius 3 is 2.86 bits per heavy atom. The Bertz CT molecular complexity index is 642. The van der Waals surface area contributed by atoms with Crippen LogP contribution in [0.25, 0.3) is 11.0 Å². The van der Waals surface area contributed by atoms with Crippen molar-refractivity contribution in [3.8, 4) is 0 Å². The number of anilines is 1. The van der Waals surface area contributed by atoms with Crippen molar-refractivity contribution in [3.05, 3.63) is 30.0 Å². The van der Waals surface area contributed by atoms with Gasteiger partial charge in [-0.2, -0.15) is 0 Å². The van der Waals surface area contributed by atoms with Crippen molar-refractivity contribution < 1.29 is 13.9 Å². The molecule has 1 aromatic carbocycles. The van der Waals surface area contributed by atoms with Crippen molar-refractivity contribution in [2.24, 2.45) is 0 Å². The third-order valence-corrected chi connectivity index (χ3v) is 3.88. The van der Waals surface area contributed by atoms with Gasteiger partial charge in [-0.05, 0) is 44.0 Å². The van der Waals surface area contributed by atoms with Gasteiger partial charge in [0, 0.05) is 30.8 Å². The van der Waals surface area contributed by atoms with Crippen LogP contribution >= 0.6 is 0 Å². The van der Waals surface area contributed by atoms with E-state index < -0.39 is 0 Å². The molecule has 2 aromatic rings. The number of carbonyl (C=O) groups is 1. The fourth-order valence-corrected chi connectivity index (χ4v) is 2.78. The molecule has 1 fully saturated rings. The average molecular weight is 288 g/mol. The molecule has 3 rings (SSSR count). The first kappa shape index (κ1) is 13.9. The number of likely N-dealkylation sites (tertiary alicyclic amines) is 1. The molecule has 0 radical (unpaired) electrons. The van der Waals surface area contributed by atoms with Crippen LogP contribution in [0.1, 0.15) is 30.3 Å². The van der Waals surface area contributed by atoms with Crippen molar-refractivity contribution >= 4 is 22.6 Å². The molecule has 0 saturated carbocycles. The summed E-state index contributed by atoms with van der Waals surface area (Å²) in [6.45, 7) is 4.15. The molecule has 1 aliphatic rings. The molecule has 1 aliphatic heterocycles. The molecule has 0 bridgehead atoms. The quantitative estimate of drug-likeness (QED) is 0.882. The number of ether oxygens (including phenoxy) is 1. The van der Waals surface area contributed by atoms with Gasteiger partial charge >= 0.3 is 0 Å². The Morgan fingerprint density at radius 1 is 1.38 bits per heavy atom. The van der Waals surface area contributed by atoms with E-state index in [2.05, 4.69) is 0 Å². The third kappa shape index (κ3) is 2.88. The number of rotatable bonds is 3. The molecule has 112 valence electrons. The molecule has 2 heterocycles. The second-order valence-corrected chi connectivity index (χ2v) is 5.35. The van der Waals surface area contributed by atoms with E-state index in [-0.39, 0.29) is 12.0 Å². The molecule has 1 saturated heterocycles. The average Bonchev–Trinajstić information content (AvgIpc) is 2.90. The highest BCUT2D eigenvalue weighted by Gasteiger charge is 2.25. The van der Waals surface area contributed by atoms with E-state index in [4.69, 9.17) is 14.9 Å². The summed E-state index contributed by atoms with van der Waals surface area (Å²) in [6, 6.07) is 7.15. The maximum atomic E-state index is 12.5. The van der Waals surface area contributed by atoms with Crippen LogP contribution in [-0.2, 0) is 4.74 Å². The first-order valence-electron chi connectivity index (χ1n) is 7.37. The number of amides is 1. The Labute approximate surface area is 123 Å². The molecule has 0 atom stereocenters. The number of benzene rings is 1. The monoisotopic (exact) mass is 288 g/mol. The van der Waals surface area contributed by atoms with Gasteiger partial charge in [0.05, 0.1) is 6.10 Å². The Kier molecular flexibility index (Phi) is 3.84. The lowest BCUT2D eigenvalue weighted by atomic mass is 10.1. The van der Waals surface area contributed by atoms with Crippen molar-refractivity contribution in [3.63, 3.8) is 0 Å². The summed E-state index contributed by atoms with van der Waals surface area (Å²) in [5.74, 6) is 0.324. The van der Waals surface area contributed by atoms with Gasteiger partial charge in [0.15, 0.2) is 5.76 Å². The van der Waals surface area contributed by atoms with E-state index in [1.165, 1.54) is 0 Å². The van der Waals surface area contributed by atoms with Crippen LogP contribution in [-0.4, -0.2) is 36.6 Å². The van der Waals surface area contributed by atoms with Crippen molar-refractivity contribution in [1.82, 2.24) is 4.90 Å². The molecule has 5 heteroatoms. The minimum Gasteiger partial charge on any atom is -0.451 e. The zero-order chi connectivity index (χ0) is 14.8. The van der Waals surface area contributed by atoms with Crippen LogP contribution < -0.4 is 5.73 Å². The highest BCUT2D eigenvalue weighted by molar-refractivity contribution is 5.96. The zero-order valence-electron chi connectivity index (χ0n) is 12.2. The fourth-order valence-electron chi connectivity index (χ4n) is 2.78. The normalized spacial score (nSPS) is 16.5. The second kappa shape index (κ2) is 5.77. The molecule has 21 heavy (non-hydrogen) atoms. The minimum absolute atomic E-state index is 0.0558. The molecule has 2 N–H and O–H groups in total. The summed E-state index contributed by atoms with van der Waals surface area (Å²) in [5.41, 5.74) is 7.10. The second-order valence-electron chi connectivity index (χ2n) is 5.35. The van der Waals surface area contributed by atoms with Gasteiger partial charge in [0.25, 0.3) is 5.91 Å². The molecule has 0 unspecified atom stereocenters. The standard InChI is InChI=1S/C16H20N2O3/c1-2-20-13-5-7-18(8-6-13)16(19)15-10-11-9-12(17)3-4-14(11)21-15/h3-4,9-10,13H,2,5-8,17H2,1H3. The molecule has 1 aromatic heterocycles. The topological polar surface area (TPSA) is 68.7 Å². The summed E-state index contributed by atoms with van der Waals surface area (Å²) in [7, 11) is 0. The summed E-state index contributed by atoms with van der Waals surface area (Å²) >= 11 is 0. The Balaban J connectivity index is 1.72. The predicted molar refractivity (Wildman–Crippen MR) is 81.2 cm³/mol. The fraction of sp³-hybridized carbons (Fsp3) is 0.438. The largest absolute Gasteiger partial charge is 0.451 e. The van der Waals surface area contributed by atoms with Gasteiger partial charge in [-0.25, -0.2) is 0 Å². The highest BCUT2D eigenvalue weighted by Crippen LogP contribution is 2.24. The maximum absolute atomic E-state index is 12.5. The van der Waals surface area contributed by atoms with E-state index in [0.717, 1.165) is 24.8 Å². The maximum Gasteiger partial charge on any atom is 0.289 e. The minimum atomic E-state index is -0.0558. The number of hydrogen-bond acceptors (Lipinski definition) is 4. The van der Waals surface area contributed by atoms with Crippen LogP contribution in [0, 0.1) is 0 Å². The number of nitrogens with two attached hydrogens (primary N) is 1. The lowest BCUT2D eigenvalue weighted by Gasteiger charge is -2.31. The number of hydrogen-bond donors (Lipinski definition) is 1. The number of furan rings is 1. The van der Waals surface area contributed by atoms with E-state index in [1.54, 1.807) is 18.2 Å². The van der Waals surface area contributed by atoms with Crippen LogP contribution in [0.3, 0.4) is 0 Å². The van der Waals surface area contributed by atoms with Crippen molar-refractivity contribution in [2.45, 2.75) is 25.9 Å². The summed E-state index contributed by atoms with van der Waals surface area (Å²) in [6.07, 6.45) is 2.04. The molecule has 5 nitrogen and oxygen atoms in total. The van der Waals surface area contributed by atoms with Gasteiger partial charge in [0.1, 0.15) is 5.58 Å². The van der Waals surface area contributed by atoms with Gasteiger partial charge in [-0.15, -0.1) is 0 Å². The van der Waals surface area contributed by atoms with Crippen molar-refractivity contribution in [2.75, 3.05) is 25.4 Å². The Hall–Kier alpha value is -2.01. The SMILES string of the molecule is CCOC1CCN(C(=O)c2cc3cc(N)ccc3o2)CC1. The van der Waals surface area contributed by atoms with Crippen molar-refractivity contribution in [1.29, 1.82) is 0 Å². The van der Waals surface area contributed by atoms with Crippen LogP contribution in [0.5, 0.6) is 0 Å². The van der Waals surface area contributed by atoms with E-state index in [1.807, 2.05) is 17.9 Å². The first-order valence-corrected chi connectivity index (χ1v) is 7.37. The zero-order valence-corrected chi connectivity index (χ0v) is 12.2. The van der Waals surface area contributed by atoms with E-state index in [0.29, 0.717) is 30.1 Å². The molecule has 1 amide bonds. The predicted octanol–water partition coefficient (Wildman–Crippen LogP) is 2.66. The number of piperidine rings is 1.